The second-order valence-electron chi connectivity index (χ2n) is 6.98. The van der Waals surface area contributed by atoms with E-state index in [1.807, 2.05) is 0 Å². The molecule has 0 aromatic rings. The van der Waals surface area contributed by atoms with Crippen molar-refractivity contribution >= 4 is 11.9 Å². The van der Waals surface area contributed by atoms with E-state index < -0.39 is 6.04 Å². The van der Waals surface area contributed by atoms with Crippen LogP contribution in [-0.2, 0) is 14.3 Å². The van der Waals surface area contributed by atoms with E-state index in [0.29, 0.717) is 6.61 Å². The summed E-state index contributed by atoms with van der Waals surface area (Å²) in [6, 6.07) is -0.423. The highest BCUT2D eigenvalue weighted by Gasteiger charge is 2.55. The molecule has 0 amide bonds. The van der Waals surface area contributed by atoms with Crippen molar-refractivity contribution in [2.75, 3.05) is 13.7 Å². The number of esters is 1. The summed E-state index contributed by atoms with van der Waals surface area (Å²) in [5.74, 6) is 3.22. The molecule has 4 heteroatoms. The highest BCUT2D eigenvalue weighted by Crippen LogP contribution is 2.61. The van der Waals surface area contributed by atoms with Crippen LogP contribution in [-0.4, -0.2) is 31.6 Å². The Bertz CT molecular complexity index is 407. The van der Waals surface area contributed by atoms with Gasteiger partial charge in [0.15, 0.2) is 11.9 Å². The Morgan fingerprint density at radius 2 is 1.79 bits per heavy atom. The molecule has 0 aromatic carbocycles. The van der Waals surface area contributed by atoms with E-state index >= 15 is 0 Å². The SMILES string of the molecule is COC(=O)[C@@H]1COC(C23CC4CC(CC(C4)C2)C3)=N1. The van der Waals surface area contributed by atoms with Crippen LogP contribution in [0.1, 0.15) is 38.5 Å². The summed E-state index contributed by atoms with van der Waals surface area (Å²) in [6.45, 7) is 0.379. The summed E-state index contributed by atoms with van der Waals surface area (Å²) >= 11 is 0. The first-order valence-corrected chi connectivity index (χ1v) is 7.47. The number of hydrogen-bond acceptors (Lipinski definition) is 4. The number of hydrogen-bond donors (Lipinski definition) is 0. The fourth-order valence-electron chi connectivity index (χ4n) is 5.29. The van der Waals surface area contributed by atoms with Crippen molar-refractivity contribution in [3.05, 3.63) is 0 Å². The predicted molar refractivity (Wildman–Crippen MR) is 69.8 cm³/mol. The van der Waals surface area contributed by atoms with Crippen LogP contribution in [0, 0.1) is 23.2 Å². The Kier molecular flexibility index (Phi) is 2.45. The zero-order chi connectivity index (χ0) is 13.0. The van der Waals surface area contributed by atoms with Crippen LogP contribution in [0.5, 0.6) is 0 Å². The summed E-state index contributed by atoms with van der Waals surface area (Å²) in [5, 5.41) is 0. The van der Waals surface area contributed by atoms with Gasteiger partial charge in [-0.25, -0.2) is 9.79 Å². The molecule has 4 fully saturated rings. The van der Waals surface area contributed by atoms with Gasteiger partial charge in [-0.1, -0.05) is 0 Å². The summed E-state index contributed by atoms with van der Waals surface area (Å²) in [5.41, 5.74) is 0.164. The lowest BCUT2D eigenvalue weighted by atomic mass is 9.49. The van der Waals surface area contributed by atoms with Crippen LogP contribution in [0.25, 0.3) is 0 Å². The van der Waals surface area contributed by atoms with E-state index in [0.717, 1.165) is 23.7 Å². The minimum atomic E-state index is -0.423. The van der Waals surface area contributed by atoms with Gasteiger partial charge in [0.2, 0.25) is 0 Å². The van der Waals surface area contributed by atoms with Gasteiger partial charge in [-0.3, -0.25) is 0 Å². The van der Waals surface area contributed by atoms with Gasteiger partial charge in [-0.05, 0) is 56.3 Å². The molecular formula is C15H21NO3. The third kappa shape index (κ3) is 1.72. The van der Waals surface area contributed by atoms with Crippen LogP contribution in [0.3, 0.4) is 0 Å². The molecule has 4 nitrogen and oxygen atoms in total. The van der Waals surface area contributed by atoms with Gasteiger partial charge < -0.3 is 9.47 Å². The first kappa shape index (κ1) is 11.7. The van der Waals surface area contributed by atoms with Gasteiger partial charge in [-0.15, -0.1) is 0 Å². The number of rotatable bonds is 2. The normalized spacial score (nSPS) is 46.9. The second-order valence-corrected chi connectivity index (χ2v) is 6.98. The van der Waals surface area contributed by atoms with Crippen LogP contribution in [0.15, 0.2) is 4.99 Å². The summed E-state index contributed by atoms with van der Waals surface area (Å²) in [7, 11) is 1.42. The van der Waals surface area contributed by atoms with Crippen LogP contribution < -0.4 is 0 Å². The summed E-state index contributed by atoms with van der Waals surface area (Å²) in [6.07, 6.45) is 7.91. The third-order valence-corrected chi connectivity index (χ3v) is 5.62. The molecule has 1 heterocycles. The van der Waals surface area contributed by atoms with Gasteiger partial charge in [0, 0.05) is 5.41 Å². The van der Waals surface area contributed by atoms with E-state index in [2.05, 4.69) is 4.99 Å². The molecule has 1 aliphatic heterocycles. The van der Waals surface area contributed by atoms with E-state index in [9.17, 15) is 4.79 Å². The molecule has 5 rings (SSSR count). The van der Waals surface area contributed by atoms with Gasteiger partial charge >= 0.3 is 5.97 Å². The molecule has 0 spiro atoms. The van der Waals surface area contributed by atoms with Crippen LogP contribution >= 0.6 is 0 Å². The van der Waals surface area contributed by atoms with E-state index in [1.165, 1.54) is 45.6 Å². The van der Waals surface area contributed by atoms with Crippen molar-refractivity contribution in [1.82, 2.24) is 0 Å². The Labute approximate surface area is 113 Å². The number of nitrogens with zero attached hydrogens (tertiary/aromatic N) is 1. The Balaban J connectivity index is 1.60. The average molecular weight is 263 g/mol. The highest BCUT2D eigenvalue weighted by atomic mass is 16.5. The zero-order valence-electron chi connectivity index (χ0n) is 11.4. The molecule has 0 N–H and O–H groups in total. The molecule has 0 aromatic heterocycles. The molecular weight excluding hydrogens is 242 g/mol. The highest BCUT2D eigenvalue weighted by molar-refractivity contribution is 5.89. The van der Waals surface area contributed by atoms with Crippen molar-refractivity contribution in [2.45, 2.75) is 44.6 Å². The topological polar surface area (TPSA) is 47.9 Å². The summed E-state index contributed by atoms with van der Waals surface area (Å²) in [4.78, 5) is 16.1. The maximum absolute atomic E-state index is 11.6. The molecule has 1 atom stereocenters. The number of aliphatic imine (C=N–C) groups is 1. The maximum Gasteiger partial charge on any atom is 0.334 e. The van der Waals surface area contributed by atoms with Gasteiger partial charge in [0.1, 0.15) is 6.61 Å². The Hall–Kier alpha value is -1.06. The molecule has 0 radical (unpaired) electrons. The molecule has 0 saturated heterocycles. The molecule has 104 valence electrons. The lowest BCUT2D eigenvalue weighted by molar-refractivity contribution is -0.142. The average Bonchev–Trinajstić information content (AvgIpc) is 2.86. The fourth-order valence-corrected chi connectivity index (χ4v) is 5.29. The number of ether oxygens (including phenoxy) is 2. The van der Waals surface area contributed by atoms with E-state index in [1.54, 1.807) is 0 Å². The van der Waals surface area contributed by atoms with Crippen molar-refractivity contribution in [3.63, 3.8) is 0 Å². The smallest absolute Gasteiger partial charge is 0.334 e. The van der Waals surface area contributed by atoms with Crippen molar-refractivity contribution in [2.24, 2.45) is 28.2 Å². The molecule has 19 heavy (non-hydrogen) atoms. The summed E-state index contributed by atoms with van der Waals surface area (Å²) < 4.78 is 10.6. The largest absolute Gasteiger partial charge is 0.478 e. The van der Waals surface area contributed by atoms with Crippen LogP contribution in [0.2, 0.25) is 0 Å². The fraction of sp³-hybridized carbons (Fsp3) is 0.867. The monoisotopic (exact) mass is 263 g/mol. The quantitative estimate of drug-likeness (QED) is 0.717. The standard InChI is InChI=1S/C15H21NO3/c1-18-13(17)12-8-19-14(16-12)15-5-9-2-10(6-15)4-11(3-9)7-15/h9-12H,2-8H2,1H3/t9?,10?,11?,12-,15?/m0/s1. The van der Waals surface area contributed by atoms with Crippen molar-refractivity contribution in [1.29, 1.82) is 0 Å². The van der Waals surface area contributed by atoms with Gasteiger partial charge in [-0.2, -0.15) is 0 Å². The number of carbonyl (C=O) groups excluding carboxylic acids is 1. The van der Waals surface area contributed by atoms with Crippen molar-refractivity contribution < 1.29 is 14.3 Å². The molecule has 4 bridgehead atoms. The van der Waals surface area contributed by atoms with E-state index in [-0.39, 0.29) is 11.4 Å². The first-order chi connectivity index (χ1) is 9.18. The van der Waals surface area contributed by atoms with Crippen molar-refractivity contribution in [3.8, 4) is 0 Å². The predicted octanol–water partition coefficient (Wildman–Crippen LogP) is 2.17. The van der Waals surface area contributed by atoms with Gasteiger partial charge in [0.25, 0.3) is 0 Å². The van der Waals surface area contributed by atoms with E-state index in [4.69, 9.17) is 9.47 Å². The third-order valence-electron chi connectivity index (χ3n) is 5.62. The Morgan fingerprint density at radius 3 is 2.32 bits per heavy atom. The van der Waals surface area contributed by atoms with Gasteiger partial charge in [0.05, 0.1) is 7.11 Å². The minimum Gasteiger partial charge on any atom is -0.478 e. The van der Waals surface area contributed by atoms with Crippen LogP contribution in [0.4, 0.5) is 0 Å². The molecule has 0 unspecified atom stereocenters. The maximum atomic E-state index is 11.6. The minimum absolute atomic E-state index is 0.164. The second kappa shape index (κ2) is 3.97. The lowest BCUT2D eigenvalue weighted by Gasteiger charge is -2.55. The molecule has 4 saturated carbocycles. The first-order valence-electron chi connectivity index (χ1n) is 7.47. The Morgan fingerprint density at radius 1 is 1.21 bits per heavy atom. The lowest BCUT2D eigenvalue weighted by Crippen LogP contribution is -2.50. The molecule has 4 aliphatic carbocycles. The number of methoxy groups -OCH3 is 1. The molecule has 5 aliphatic rings. The number of carbonyl (C=O) groups is 1. The zero-order valence-corrected chi connectivity index (χ0v) is 11.4.